The fourth-order valence-electron chi connectivity index (χ4n) is 3.58. The van der Waals surface area contributed by atoms with E-state index in [2.05, 4.69) is 22.1 Å². The molecule has 4 rings (SSSR count). The van der Waals surface area contributed by atoms with Crippen molar-refractivity contribution in [3.63, 3.8) is 0 Å². The molecule has 6 heteroatoms. The summed E-state index contributed by atoms with van der Waals surface area (Å²) in [7, 11) is 0. The predicted octanol–water partition coefficient (Wildman–Crippen LogP) is 1.76. The Balaban J connectivity index is 1.52. The number of nitrogens with zero attached hydrogens (tertiary/aromatic N) is 5. The van der Waals surface area contributed by atoms with Crippen molar-refractivity contribution in [1.82, 2.24) is 9.97 Å². The van der Waals surface area contributed by atoms with Crippen LogP contribution in [0.2, 0.25) is 0 Å². The van der Waals surface area contributed by atoms with E-state index in [0.717, 1.165) is 31.6 Å². The molecule has 1 atom stereocenters. The van der Waals surface area contributed by atoms with Crippen LogP contribution in [0.3, 0.4) is 0 Å². The van der Waals surface area contributed by atoms with Gasteiger partial charge in [0.05, 0.1) is 5.92 Å². The van der Waals surface area contributed by atoms with Gasteiger partial charge in [-0.15, -0.1) is 0 Å². The molecule has 2 aliphatic heterocycles. The number of hydrogen-bond acceptors (Lipinski definition) is 5. The topological polar surface area (TPSA) is 73.1 Å². The van der Waals surface area contributed by atoms with Crippen molar-refractivity contribution in [1.29, 1.82) is 5.26 Å². The van der Waals surface area contributed by atoms with Crippen molar-refractivity contribution in [2.45, 2.75) is 12.8 Å². The summed E-state index contributed by atoms with van der Waals surface area (Å²) in [6, 6.07) is 10.2. The van der Waals surface area contributed by atoms with Gasteiger partial charge in [0.25, 0.3) is 0 Å². The third kappa shape index (κ3) is 2.38. The summed E-state index contributed by atoms with van der Waals surface area (Å²) in [5, 5.41) is 9.18. The van der Waals surface area contributed by atoms with Crippen molar-refractivity contribution < 1.29 is 4.79 Å². The Morgan fingerprint density at radius 3 is 2.92 bits per heavy atom. The number of carbonyl (C=O) groups excluding carboxylic acids is 1. The van der Waals surface area contributed by atoms with Crippen LogP contribution in [-0.2, 0) is 11.2 Å². The Hall–Kier alpha value is -2.94. The Bertz CT molecular complexity index is 828. The third-order valence-corrected chi connectivity index (χ3v) is 4.78. The Morgan fingerprint density at radius 1 is 1.21 bits per heavy atom. The maximum atomic E-state index is 12.9. The number of hydrogen-bond donors (Lipinski definition) is 0. The normalized spacial score (nSPS) is 19.2. The molecule has 120 valence electrons. The molecular weight excluding hydrogens is 302 g/mol. The summed E-state index contributed by atoms with van der Waals surface area (Å²) < 4.78 is 0. The second-order valence-corrected chi connectivity index (χ2v) is 6.14. The molecular formula is C18H17N5O. The lowest BCUT2D eigenvalue weighted by atomic mass is 10.1. The molecule has 0 aliphatic carbocycles. The number of amides is 1. The Kier molecular flexibility index (Phi) is 3.62. The molecule has 1 aromatic carbocycles. The number of para-hydroxylation sites is 1. The zero-order valence-corrected chi connectivity index (χ0v) is 13.2. The molecule has 0 radical (unpaired) electrons. The summed E-state index contributed by atoms with van der Waals surface area (Å²) in [5.41, 5.74) is 2.59. The molecule has 24 heavy (non-hydrogen) atoms. The molecule has 1 saturated heterocycles. The number of rotatable bonds is 2. The van der Waals surface area contributed by atoms with Crippen LogP contribution in [0.1, 0.15) is 17.7 Å². The fraction of sp³-hybridized carbons (Fsp3) is 0.333. The Labute approximate surface area is 140 Å². The van der Waals surface area contributed by atoms with Gasteiger partial charge >= 0.3 is 0 Å². The van der Waals surface area contributed by atoms with Crippen molar-refractivity contribution in [2.75, 3.05) is 29.4 Å². The van der Waals surface area contributed by atoms with E-state index in [-0.39, 0.29) is 11.8 Å². The van der Waals surface area contributed by atoms with E-state index in [1.54, 1.807) is 6.20 Å². The van der Waals surface area contributed by atoms with Crippen LogP contribution in [0.15, 0.2) is 36.7 Å². The standard InChI is InChI=1S/C18H17N5O/c19-11-15-17(21-8-7-20-15)22-9-5-14(12-22)18(24)23-10-6-13-3-1-2-4-16(13)23/h1-4,7-8,14H,5-6,9-10,12H2. The van der Waals surface area contributed by atoms with Gasteiger partial charge in [0.1, 0.15) is 6.07 Å². The number of nitriles is 1. The lowest BCUT2D eigenvalue weighted by molar-refractivity contribution is -0.121. The first-order chi connectivity index (χ1) is 11.8. The summed E-state index contributed by atoms with van der Waals surface area (Å²) in [6.45, 7) is 2.06. The van der Waals surface area contributed by atoms with Gasteiger partial charge in [-0.25, -0.2) is 9.97 Å². The minimum atomic E-state index is -0.0651. The lowest BCUT2D eigenvalue weighted by Gasteiger charge is -2.22. The number of fused-ring (bicyclic) bond motifs is 1. The molecule has 0 spiro atoms. The average molecular weight is 319 g/mol. The smallest absolute Gasteiger partial charge is 0.231 e. The highest BCUT2D eigenvalue weighted by Gasteiger charge is 2.35. The molecule has 6 nitrogen and oxygen atoms in total. The van der Waals surface area contributed by atoms with E-state index < -0.39 is 0 Å². The van der Waals surface area contributed by atoms with E-state index in [1.165, 1.54) is 11.8 Å². The zero-order chi connectivity index (χ0) is 16.5. The quantitative estimate of drug-likeness (QED) is 0.843. The third-order valence-electron chi connectivity index (χ3n) is 4.78. The lowest BCUT2D eigenvalue weighted by Crippen LogP contribution is -2.36. The van der Waals surface area contributed by atoms with E-state index in [9.17, 15) is 10.1 Å². The molecule has 1 amide bonds. The number of carbonyl (C=O) groups is 1. The van der Waals surface area contributed by atoms with Crippen molar-refractivity contribution in [3.8, 4) is 6.07 Å². The summed E-state index contributed by atoms with van der Waals surface area (Å²) >= 11 is 0. The van der Waals surface area contributed by atoms with Crippen molar-refractivity contribution in [2.24, 2.45) is 5.92 Å². The highest BCUT2D eigenvalue weighted by atomic mass is 16.2. The van der Waals surface area contributed by atoms with Gasteiger partial charge in [-0.05, 0) is 24.5 Å². The van der Waals surface area contributed by atoms with E-state index in [0.29, 0.717) is 18.1 Å². The number of benzene rings is 1. The van der Waals surface area contributed by atoms with Crippen LogP contribution >= 0.6 is 0 Å². The van der Waals surface area contributed by atoms with Crippen LogP contribution < -0.4 is 9.80 Å². The van der Waals surface area contributed by atoms with E-state index >= 15 is 0 Å². The molecule has 3 heterocycles. The van der Waals surface area contributed by atoms with Crippen molar-refractivity contribution >= 4 is 17.4 Å². The Morgan fingerprint density at radius 2 is 2.04 bits per heavy atom. The van der Waals surface area contributed by atoms with Gasteiger partial charge in [0.15, 0.2) is 11.5 Å². The summed E-state index contributed by atoms with van der Waals surface area (Å²) in [4.78, 5) is 25.2. The minimum Gasteiger partial charge on any atom is -0.353 e. The van der Waals surface area contributed by atoms with Crippen LogP contribution in [0.25, 0.3) is 0 Å². The minimum absolute atomic E-state index is 0.0651. The van der Waals surface area contributed by atoms with Gasteiger partial charge in [0.2, 0.25) is 5.91 Å². The van der Waals surface area contributed by atoms with Crippen LogP contribution in [0.5, 0.6) is 0 Å². The largest absolute Gasteiger partial charge is 0.353 e. The molecule has 1 fully saturated rings. The van der Waals surface area contributed by atoms with Crippen LogP contribution in [-0.4, -0.2) is 35.5 Å². The molecule has 0 N–H and O–H groups in total. The summed E-state index contributed by atoms with van der Waals surface area (Å²) in [5.74, 6) is 0.687. The summed E-state index contributed by atoms with van der Waals surface area (Å²) in [6.07, 6.45) is 4.80. The number of aromatic nitrogens is 2. The zero-order valence-electron chi connectivity index (χ0n) is 13.2. The SMILES string of the molecule is N#Cc1nccnc1N1CCC(C(=O)N2CCc3ccccc32)C1. The second kappa shape index (κ2) is 5.93. The molecule has 2 aromatic rings. The van der Waals surface area contributed by atoms with Crippen LogP contribution in [0.4, 0.5) is 11.5 Å². The van der Waals surface area contributed by atoms with Crippen LogP contribution in [0, 0.1) is 17.2 Å². The molecule has 1 unspecified atom stereocenters. The van der Waals surface area contributed by atoms with Gasteiger partial charge in [0, 0.05) is 37.7 Å². The highest BCUT2D eigenvalue weighted by Crippen LogP contribution is 2.31. The predicted molar refractivity (Wildman–Crippen MR) is 89.6 cm³/mol. The monoisotopic (exact) mass is 319 g/mol. The van der Waals surface area contributed by atoms with Gasteiger partial charge in [-0.2, -0.15) is 5.26 Å². The highest BCUT2D eigenvalue weighted by molar-refractivity contribution is 5.97. The van der Waals surface area contributed by atoms with Gasteiger partial charge in [-0.3, -0.25) is 4.79 Å². The second-order valence-electron chi connectivity index (χ2n) is 6.14. The molecule has 2 aliphatic rings. The van der Waals surface area contributed by atoms with Gasteiger partial charge in [-0.1, -0.05) is 18.2 Å². The number of anilines is 2. The van der Waals surface area contributed by atoms with Crippen molar-refractivity contribution in [3.05, 3.63) is 47.9 Å². The maximum absolute atomic E-state index is 12.9. The van der Waals surface area contributed by atoms with E-state index in [4.69, 9.17) is 0 Å². The van der Waals surface area contributed by atoms with Gasteiger partial charge < -0.3 is 9.80 Å². The van der Waals surface area contributed by atoms with E-state index in [1.807, 2.05) is 28.0 Å². The first-order valence-electron chi connectivity index (χ1n) is 8.13. The fourth-order valence-corrected chi connectivity index (χ4v) is 3.58. The maximum Gasteiger partial charge on any atom is 0.231 e. The molecule has 0 bridgehead atoms. The average Bonchev–Trinajstić information content (AvgIpc) is 3.28. The first kappa shape index (κ1) is 14.6. The molecule has 0 saturated carbocycles. The first-order valence-corrected chi connectivity index (χ1v) is 8.13. The molecule has 1 aromatic heterocycles.